The summed E-state index contributed by atoms with van der Waals surface area (Å²) in [5.41, 5.74) is 1.14. The van der Waals surface area contributed by atoms with E-state index in [0.717, 1.165) is 0 Å². The van der Waals surface area contributed by atoms with E-state index >= 15 is 0 Å². The number of anilines is 1. The first-order valence-electron chi connectivity index (χ1n) is 6.04. The molecule has 0 spiro atoms. The van der Waals surface area contributed by atoms with Crippen molar-refractivity contribution in [3.05, 3.63) is 24.0 Å². The lowest BCUT2D eigenvalue weighted by atomic mass is 10.1. The first-order valence-corrected chi connectivity index (χ1v) is 7.86. The van der Waals surface area contributed by atoms with E-state index in [4.69, 9.17) is 0 Å². The second-order valence-electron chi connectivity index (χ2n) is 4.64. The fourth-order valence-corrected chi connectivity index (χ4v) is 3.99. The maximum Gasteiger partial charge on any atom is 0.257 e. The van der Waals surface area contributed by atoms with Gasteiger partial charge in [0.2, 0.25) is 0 Å². The van der Waals surface area contributed by atoms with Crippen molar-refractivity contribution in [2.75, 3.05) is 30.9 Å². The van der Waals surface area contributed by atoms with Gasteiger partial charge in [-0.05, 0) is 12.5 Å². The highest BCUT2D eigenvalue weighted by Gasteiger charge is 2.33. The number of carbonyl (C=O) groups is 1. The lowest BCUT2D eigenvalue weighted by Gasteiger charge is -2.24. The zero-order valence-corrected chi connectivity index (χ0v) is 11.8. The van der Waals surface area contributed by atoms with E-state index in [1.165, 1.54) is 11.1 Å². The van der Waals surface area contributed by atoms with Crippen molar-refractivity contribution in [1.29, 1.82) is 0 Å². The minimum absolute atomic E-state index is 0.0460. The van der Waals surface area contributed by atoms with Gasteiger partial charge in [0.1, 0.15) is 0 Å². The van der Waals surface area contributed by atoms with Gasteiger partial charge in [-0.15, -0.1) is 0 Å². The van der Waals surface area contributed by atoms with Crippen LogP contribution in [0, 0.1) is 0 Å². The Morgan fingerprint density at radius 2 is 2.26 bits per heavy atom. The van der Waals surface area contributed by atoms with Crippen molar-refractivity contribution >= 4 is 21.4 Å². The number of carbonyl (C=O) groups excluding carboxylic acids is 1. The fourth-order valence-electron chi connectivity index (χ4n) is 2.22. The van der Waals surface area contributed by atoms with E-state index < -0.39 is 9.84 Å². The standard InChI is InChI=1S/C12H17N3O3S/c1-13-11-3-5-14-7-10(11)12(16)15(2)9-4-6-19(17,18)8-9/h3,5,7,9H,4,6,8H2,1-2H3,(H,13,14). The quantitative estimate of drug-likeness (QED) is 0.867. The van der Waals surface area contributed by atoms with Gasteiger partial charge in [0.05, 0.1) is 17.1 Å². The average Bonchev–Trinajstić information content (AvgIpc) is 2.77. The van der Waals surface area contributed by atoms with Crippen LogP contribution in [0.25, 0.3) is 0 Å². The van der Waals surface area contributed by atoms with Crippen LogP contribution >= 0.6 is 0 Å². The van der Waals surface area contributed by atoms with Crippen LogP contribution in [-0.2, 0) is 9.84 Å². The second kappa shape index (κ2) is 5.16. The number of sulfone groups is 1. The van der Waals surface area contributed by atoms with Crippen molar-refractivity contribution in [3.8, 4) is 0 Å². The molecule has 1 atom stereocenters. The molecule has 6 nitrogen and oxygen atoms in total. The van der Waals surface area contributed by atoms with Crippen molar-refractivity contribution < 1.29 is 13.2 Å². The molecule has 1 aromatic heterocycles. The summed E-state index contributed by atoms with van der Waals surface area (Å²) in [7, 11) is 0.370. The summed E-state index contributed by atoms with van der Waals surface area (Å²) in [6.07, 6.45) is 3.59. The van der Waals surface area contributed by atoms with Crippen LogP contribution in [0.15, 0.2) is 18.5 Å². The number of pyridine rings is 1. The molecule has 1 aliphatic rings. The largest absolute Gasteiger partial charge is 0.387 e. The molecule has 1 aromatic rings. The summed E-state index contributed by atoms with van der Waals surface area (Å²) in [5, 5.41) is 2.93. The van der Waals surface area contributed by atoms with Gasteiger partial charge in [0, 0.05) is 38.2 Å². The molecule has 1 amide bonds. The molecule has 19 heavy (non-hydrogen) atoms. The highest BCUT2D eigenvalue weighted by atomic mass is 32.2. The Morgan fingerprint density at radius 3 is 2.84 bits per heavy atom. The Bertz CT molecular complexity index is 586. The van der Waals surface area contributed by atoms with Gasteiger partial charge in [-0.1, -0.05) is 0 Å². The van der Waals surface area contributed by atoms with Crippen molar-refractivity contribution in [2.45, 2.75) is 12.5 Å². The van der Waals surface area contributed by atoms with Crippen LogP contribution in [0.2, 0.25) is 0 Å². The predicted octanol–water partition coefficient (Wildman–Crippen LogP) is 0.382. The number of nitrogens with one attached hydrogen (secondary N) is 1. The molecular formula is C12H17N3O3S. The Hall–Kier alpha value is -1.63. The second-order valence-corrected chi connectivity index (χ2v) is 6.87. The van der Waals surface area contributed by atoms with Crippen molar-refractivity contribution in [2.24, 2.45) is 0 Å². The highest BCUT2D eigenvalue weighted by molar-refractivity contribution is 7.91. The fraction of sp³-hybridized carbons (Fsp3) is 0.500. The first-order chi connectivity index (χ1) is 8.94. The third-order valence-corrected chi connectivity index (χ3v) is 5.15. The molecule has 1 fully saturated rings. The summed E-state index contributed by atoms with van der Waals surface area (Å²) in [6.45, 7) is 0. The van der Waals surface area contributed by atoms with Gasteiger partial charge < -0.3 is 10.2 Å². The zero-order valence-electron chi connectivity index (χ0n) is 11.0. The lowest BCUT2D eigenvalue weighted by molar-refractivity contribution is 0.0748. The summed E-state index contributed by atoms with van der Waals surface area (Å²) in [5.74, 6) is -0.00875. The van der Waals surface area contributed by atoms with Crippen LogP contribution in [0.5, 0.6) is 0 Å². The van der Waals surface area contributed by atoms with E-state index in [1.54, 1.807) is 26.4 Å². The molecule has 1 aliphatic heterocycles. The minimum Gasteiger partial charge on any atom is -0.387 e. The van der Waals surface area contributed by atoms with Crippen molar-refractivity contribution in [1.82, 2.24) is 9.88 Å². The monoisotopic (exact) mass is 283 g/mol. The van der Waals surface area contributed by atoms with Crippen LogP contribution in [0.1, 0.15) is 16.8 Å². The number of aromatic nitrogens is 1. The topological polar surface area (TPSA) is 79.4 Å². The van der Waals surface area contributed by atoms with E-state index in [9.17, 15) is 13.2 Å². The van der Waals surface area contributed by atoms with E-state index in [0.29, 0.717) is 17.7 Å². The Kier molecular flexibility index (Phi) is 3.75. The zero-order chi connectivity index (χ0) is 14.0. The molecule has 2 rings (SSSR count). The highest BCUT2D eigenvalue weighted by Crippen LogP contribution is 2.21. The van der Waals surface area contributed by atoms with Gasteiger partial charge in [-0.2, -0.15) is 0 Å². The Labute approximate surface area is 112 Å². The maximum atomic E-state index is 12.4. The van der Waals surface area contributed by atoms with E-state index in [-0.39, 0.29) is 23.5 Å². The van der Waals surface area contributed by atoms with Gasteiger partial charge in [-0.25, -0.2) is 8.42 Å². The number of amides is 1. The van der Waals surface area contributed by atoms with Gasteiger partial charge >= 0.3 is 0 Å². The van der Waals surface area contributed by atoms with Crippen LogP contribution < -0.4 is 5.32 Å². The van der Waals surface area contributed by atoms with Crippen molar-refractivity contribution in [3.63, 3.8) is 0 Å². The first kappa shape index (κ1) is 13.8. The summed E-state index contributed by atoms with van der Waals surface area (Å²) in [6, 6.07) is 1.47. The predicted molar refractivity (Wildman–Crippen MR) is 72.9 cm³/mol. The number of hydrogen-bond donors (Lipinski definition) is 1. The molecule has 0 aliphatic carbocycles. The van der Waals surface area contributed by atoms with E-state index in [2.05, 4.69) is 10.3 Å². The summed E-state index contributed by atoms with van der Waals surface area (Å²) in [4.78, 5) is 17.8. The van der Waals surface area contributed by atoms with E-state index in [1.807, 2.05) is 0 Å². The third-order valence-electron chi connectivity index (χ3n) is 3.40. The Morgan fingerprint density at radius 1 is 1.53 bits per heavy atom. The molecule has 1 saturated heterocycles. The van der Waals surface area contributed by atoms with Crippen LogP contribution in [-0.4, -0.2) is 55.9 Å². The lowest BCUT2D eigenvalue weighted by Crippen LogP contribution is -2.38. The molecule has 104 valence electrons. The molecular weight excluding hydrogens is 266 g/mol. The number of hydrogen-bond acceptors (Lipinski definition) is 5. The average molecular weight is 283 g/mol. The molecule has 0 aromatic carbocycles. The molecule has 0 radical (unpaired) electrons. The summed E-state index contributed by atoms with van der Waals surface area (Å²) >= 11 is 0. The molecule has 7 heteroatoms. The molecule has 2 heterocycles. The van der Waals surface area contributed by atoms with Gasteiger partial charge in [0.15, 0.2) is 9.84 Å². The van der Waals surface area contributed by atoms with Crippen LogP contribution in [0.3, 0.4) is 0 Å². The molecule has 0 bridgehead atoms. The Balaban J connectivity index is 2.20. The molecule has 1 unspecified atom stereocenters. The van der Waals surface area contributed by atoms with Gasteiger partial charge in [0.25, 0.3) is 5.91 Å². The minimum atomic E-state index is -3.00. The summed E-state index contributed by atoms with van der Waals surface area (Å²) < 4.78 is 22.9. The maximum absolute atomic E-state index is 12.4. The molecule has 0 saturated carbocycles. The van der Waals surface area contributed by atoms with Gasteiger partial charge in [-0.3, -0.25) is 9.78 Å². The SMILES string of the molecule is CNc1ccncc1C(=O)N(C)C1CCS(=O)(=O)C1. The molecule has 1 N–H and O–H groups in total. The third kappa shape index (κ3) is 2.86. The number of rotatable bonds is 3. The smallest absolute Gasteiger partial charge is 0.257 e. The van der Waals surface area contributed by atoms with Crippen LogP contribution in [0.4, 0.5) is 5.69 Å². The normalized spacial score (nSPS) is 21.1. The number of nitrogens with zero attached hydrogens (tertiary/aromatic N) is 2.